The van der Waals surface area contributed by atoms with Crippen molar-refractivity contribution in [2.45, 2.75) is 12.5 Å². The van der Waals surface area contributed by atoms with Crippen LogP contribution in [0.1, 0.15) is 18.1 Å². The highest BCUT2D eigenvalue weighted by Gasteiger charge is 2.32. The van der Waals surface area contributed by atoms with E-state index in [-0.39, 0.29) is 27.0 Å². The molecule has 1 heterocycles. The molecule has 0 bridgehead atoms. The SMILES string of the molecule is CC(O)(c1cc(F)c(Cl)cc1Cl)c1cc(Cl)cnc1N. The molecular weight excluding hydrogens is 326 g/mol. The summed E-state index contributed by atoms with van der Waals surface area (Å²) in [4.78, 5) is 3.86. The van der Waals surface area contributed by atoms with Crippen LogP contribution in [-0.2, 0) is 5.60 Å². The van der Waals surface area contributed by atoms with Crippen molar-refractivity contribution in [3.05, 3.63) is 56.4 Å². The number of rotatable bonds is 2. The van der Waals surface area contributed by atoms with Crippen LogP contribution in [-0.4, -0.2) is 10.1 Å². The zero-order chi connectivity index (χ0) is 15.1. The van der Waals surface area contributed by atoms with Crippen molar-refractivity contribution in [2.24, 2.45) is 0 Å². The summed E-state index contributed by atoms with van der Waals surface area (Å²) in [5, 5.41) is 11.0. The number of anilines is 1. The number of nitrogens with two attached hydrogens (primary N) is 1. The molecule has 1 atom stereocenters. The molecule has 0 saturated carbocycles. The molecule has 1 aromatic heterocycles. The van der Waals surface area contributed by atoms with Gasteiger partial charge in [-0.3, -0.25) is 0 Å². The average molecular weight is 336 g/mol. The Morgan fingerprint density at radius 2 is 1.80 bits per heavy atom. The fourth-order valence-corrected chi connectivity index (χ4v) is 2.61. The number of benzene rings is 1. The Morgan fingerprint density at radius 1 is 1.15 bits per heavy atom. The maximum Gasteiger partial charge on any atom is 0.142 e. The lowest BCUT2D eigenvalue weighted by Crippen LogP contribution is -2.25. The topological polar surface area (TPSA) is 59.1 Å². The van der Waals surface area contributed by atoms with Crippen LogP contribution in [0.4, 0.5) is 10.2 Å². The zero-order valence-electron chi connectivity index (χ0n) is 10.3. The Kier molecular flexibility index (Phi) is 4.12. The van der Waals surface area contributed by atoms with Crippen molar-refractivity contribution < 1.29 is 9.50 Å². The van der Waals surface area contributed by atoms with E-state index in [9.17, 15) is 9.50 Å². The van der Waals surface area contributed by atoms with Crippen LogP contribution in [0.25, 0.3) is 0 Å². The lowest BCUT2D eigenvalue weighted by atomic mass is 9.88. The van der Waals surface area contributed by atoms with E-state index in [0.717, 1.165) is 6.07 Å². The predicted molar refractivity (Wildman–Crippen MR) is 78.8 cm³/mol. The van der Waals surface area contributed by atoms with Gasteiger partial charge >= 0.3 is 0 Å². The highest BCUT2D eigenvalue weighted by molar-refractivity contribution is 6.35. The summed E-state index contributed by atoms with van der Waals surface area (Å²) >= 11 is 17.5. The molecule has 0 fully saturated rings. The monoisotopic (exact) mass is 334 g/mol. The van der Waals surface area contributed by atoms with Gasteiger partial charge in [0.25, 0.3) is 0 Å². The molecule has 1 unspecified atom stereocenters. The molecule has 3 N–H and O–H groups in total. The Bertz CT molecular complexity index is 677. The number of nitrogen functional groups attached to an aromatic ring is 1. The summed E-state index contributed by atoms with van der Waals surface area (Å²) < 4.78 is 13.6. The molecule has 7 heteroatoms. The van der Waals surface area contributed by atoms with Gasteiger partial charge in [0, 0.05) is 22.3 Å². The largest absolute Gasteiger partial charge is 0.383 e. The number of aliphatic hydroxyl groups is 1. The normalized spacial score (nSPS) is 14.1. The number of halogens is 4. The van der Waals surface area contributed by atoms with Gasteiger partial charge in [0.2, 0.25) is 0 Å². The van der Waals surface area contributed by atoms with Crippen molar-refractivity contribution >= 4 is 40.6 Å². The first-order chi connectivity index (χ1) is 9.23. The summed E-state index contributed by atoms with van der Waals surface area (Å²) in [6, 6.07) is 3.73. The molecule has 3 nitrogen and oxygen atoms in total. The molecule has 0 amide bonds. The predicted octanol–water partition coefficient (Wildman–Crippen LogP) is 4.02. The summed E-state index contributed by atoms with van der Waals surface area (Å²) in [5.74, 6) is -0.620. The van der Waals surface area contributed by atoms with E-state index in [4.69, 9.17) is 40.5 Å². The third-order valence-corrected chi connectivity index (χ3v) is 3.75. The third kappa shape index (κ3) is 2.69. The van der Waals surface area contributed by atoms with Gasteiger partial charge in [0.05, 0.1) is 10.0 Å². The van der Waals surface area contributed by atoms with Gasteiger partial charge in [0.1, 0.15) is 17.2 Å². The molecule has 1 aromatic carbocycles. The minimum atomic E-state index is -1.66. The molecule has 2 rings (SSSR count). The van der Waals surface area contributed by atoms with E-state index in [1.807, 2.05) is 0 Å². The van der Waals surface area contributed by atoms with E-state index in [1.54, 1.807) is 0 Å². The third-order valence-electron chi connectivity index (χ3n) is 2.94. The second-order valence-corrected chi connectivity index (χ2v) is 5.66. The van der Waals surface area contributed by atoms with Gasteiger partial charge in [-0.25, -0.2) is 9.37 Å². The van der Waals surface area contributed by atoms with Gasteiger partial charge in [-0.15, -0.1) is 0 Å². The Labute approximate surface area is 130 Å². The molecule has 0 aliphatic heterocycles. The first-order valence-electron chi connectivity index (χ1n) is 5.52. The lowest BCUT2D eigenvalue weighted by Gasteiger charge is -2.26. The minimum absolute atomic E-state index is 0.0748. The van der Waals surface area contributed by atoms with Gasteiger partial charge in [-0.05, 0) is 25.1 Å². The van der Waals surface area contributed by atoms with Crippen molar-refractivity contribution in [3.8, 4) is 0 Å². The van der Waals surface area contributed by atoms with Crippen molar-refractivity contribution in [3.63, 3.8) is 0 Å². The van der Waals surface area contributed by atoms with Crippen LogP contribution in [0.3, 0.4) is 0 Å². The number of nitrogens with zero attached hydrogens (tertiary/aromatic N) is 1. The van der Waals surface area contributed by atoms with Crippen LogP contribution in [0, 0.1) is 5.82 Å². The number of pyridine rings is 1. The van der Waals surface area contributed by atoms with Crippen LogP contribution < -0.4 is 5.73 Å². The van der Waals surface area contributed by atoms with Crippen LogP contribution in [0.2, 0.25) is 15.1 Å². The molecule has 0 aliphatic carbocycles. The zero-order valence-corrected chi connectivity index (χ0v) is 12.6. The van der Waals surface area contributed by atoms with Crippen LogP contribution in [0.5, 0.6) is 0 Å². The molecule has 2 aromatic rings. The van der Waals surface area contributed by atoms with E-state index >= 15 is 0 Å². The van der Waals surface area contributed by atoms with Gasteiger partial charge in [0.15, 0.2) is 0 Å². The minimum Gasteiger partial charge on any atom is -0.383 e. The summed E-state index contributed by atoms with van der Waals surface area (Å²) in [7, 11) is 0. The molecular formula is C13H10Cl3FN2O. The molecule has 0 aliphatic rings. The first-order valence-corrected chi connectivity index (χ1v) is 6.65. The summed E-state index contributed by atoms with van der Waals surface area (Å²) in [6.45, 7) is 1.42. The van der Waals surface area contributed by atoms with Crippen molar-refractivity contribution in [1.29, 1.82) is 0 Å². The van der Waals surface area contributed by atoms with E-state index in [2.05, 4.69) is 4.98 Å². The highest BCUT2D eigenvalue weighted by Crippen LogP contribution is 2.38. The smallest absolute Gasteiger partial charge is 0.142 e. The quantitative estimate of drug-likeness (QED) is 0.815. The maximum absolute atomic E-state index is 13.6. The Hall–Kier alpha value is -1.07. The first kappa shape index (κ1) is 15.3. The van der Waals surface area contributed by atoms with E-state index < -0.39 is 11.4 Å². The number of aromatic nitrogens is 1. The molecule has 0 saturated heterocycles. The van der Waals surface area contributed by atoms with Gasteiger partial charge in [-0.2, -0.15) is 0 Å². The second kappa shape index (κ2) is 5.37. The van der Waals surface area contributed by atoms with E-state index in [1.165, 1.54) is 25.3 Å². The standard InChI is InChI=1S/C13H10Cl3FN2O/c1-13(20,8-2-6(14)5-19-12(8)18)7-3-11(17)10(16)4-9(7)15/h2-5,20H,1H3,(H2,18,19). The molecule has 0 spiro atoms. The van der Waals surface area contributed by atoms with Crippen LogP contribution in [0.15, 0.2) is 24.4 Å². The van der Waals surface area contributed by atoms with Crippen LogP contribution >= 0.6 is 34.8 Å². The Balaban J connectivity index is 2.66. The highest BCUT2D eigenvalue weighted by atomic mass is 35.5. The Morgan fingerprint density at radius 3 is 2.45 bits per heavy atom. The molecule has 0 radical (unpaired) electrons. The summed E-state index contributed by atoms with van der Waals surface area (Å²) in [5.41, 5.74) is 4.43. The number of hydrogen-bond acceptors (Lipinski definition) is 3. The van der Waals surface area contributed by atoms with Crippen molar-refractivity contribution in [1.82, 2.24) is 4.98 Å². The average Bonchev–Trinajstić information content (AvgIpc) is 2.36. The maximum atomic E-state index is 13.6. The fraction of sp³-hybridized carbons (Fsp3) is 0.154. The summed E-state index contributed by atoms with van der Waals surface area (Å²) in [6.07, 6.45) is 1.35. The van der Waals surface area contributed by atoms with Gasteiger partial charge < -0.3 is 10.8 Å². The lowest BCUT2D eigenvalue weighted by molar-refractivity contribution is 0.102. The second-order valence-electron chi connectivity index (χ2n) is 4.40. The molecule has 20 heavy (non-hydrogen) atoms. The fourth-order valence-electron chi connectivity index (χ4n) is 1.88. The van der Waals surface area contributed by atoms with E-state index in [0.29, 0.717) is 5.02 Å². The van der Waals surface area contributed by atoms with Gasteiger partial charge in [-0.1, -0.05) is 34.8 Å². The molecule has 106 valence electrons. The number of hydrogen-bond donors (Lipinski definition) is 2. The van der Waals surface area contributed by atoms with Crippen molar-refractivity contribution in [2.75, 3.05) is 5.73 Å².